The Balaban J connectivity index is 1.92. The molecule has 0 saturated heterocycles. The Morgan fingerprint density at radius 1 is 0.739 bits per heavy atom. The fraction of sp³-hybridized carbons (Fsp3) is 0. The van der Waals surface area contributed by atoms with Crippen molar-refractivity contribution >= 4 is 23.1 Å². The van der Waals surface area contributed by atoms with Crippen molar-refractivity contribution in [2.45, 2.75) is 0 Å². The van der Waals surface area contributed by atoms with E-state index in [0.717, 1.165) is 11.4 Å². The van der Waals surface area contributed by atoms with Gasteiger partial charge < -0.3 is 10.4 Å². The second kappa shape index (κ2) is 6.66. The van der Waals surface area contributed by atoms with Gasteiger partial charge in [0.1, 0.15) is 5.75 Å². The molecule has 2 N–H and O–H groups in total. The third kappa shape index (κ3) is 3.49. The molecular weight excluding hydrogens is 288 g/mol. The highest BCUT2D eigenvalue weighted by Gasteiger charge is 2.17. The van der Waals surface area contributed by atoms with Crippen LogP contribution in [0.3, 0.4) is 0 Å². The summed E-state index contributed by atoms with van der Waals surface area (Å²) in [6, 6.07) is 25.0. The van der Waals surface area contributed by atoms with Gasteiger partial charge in [0.25, 0.3) is 0 Å². The van der Waals surface area contributed by atoms with Crippen LogP contribution in [0, 0.1) is 0 Å². The lowest BCUT2D eigenvalue weighted by atomic mass is 10.2. The number of carbonyl (C=O) groups excluding carboxylic acids is 1. The van der Waals surface area contributed by atoms with Crippen LogP contribution in [0.2, 0.25) is 0 Å². The summed E-state index contributed by atoms with van der Waals surface area (Å²) < 4.78 is 0. The van der Waals surface area contributed by atoms with Crippen LogP contribution >= 0.6 is 0 Å². The summed E-state index contributed by atoms with van der Waals surface area (Å²) in [5.41, 5.74) is 2.16. The Hall–Kier alpha value is -3.27. The predicted octanol–water partition coefficient (Wildman–Crippen LogP) is 4.76. The van der Waals surface area contributed by atoms with E-state index in [2.05, 4.69) is 5.32 Å². The van der Waals surface area contributed by atoms with Crippen LogP contribution in [0.15, 0.2) is 84.9 Å². The number of para-hydroxylation sites is 2. The van der Waals surface area contributed by atoms with Crippen molar-refractivity contribution in [3.63, 3.8) is 0 Å². The minimum atomic E-state index is -0.270. The maximum absolute atomic E-state index is 12.8. The normalized spacial score (nSPS) is 10.1. The zero-order chi connectivity index (χ0) is 16.1. The number of amides is 2. The van der Waals surface area contributed by atoms with Crippen molar-refractivity contribution in [2.75, 3.05) is 10.2 Å². The molecule has 0 aliphatic heterocycles. The molecule has 0 aliphatic rings. The standard InChI is InChI=1S/C19H16N2O2/c22-18-13-11-15(12-14-18)20-19(23)21(16-7-3-1-4-8-16)17-9-5-2-6-10-17/h1-14,22H,(H,20,23). The van der Waals surface area contributed by atoms with Crippen molar-refractivity contribution in [2.24, 2.45) is 0 Å². The summed E-state index contributed by atoms with van der Waals surface area (Å²) in [7, 11) is 0. The van der Waals surface area contributed by atoms with E-state index < -0.39 is 0 Å². The molecule has 114 valence electrons. The molecular formula is C19H16N2O2. The number of anilines is 3. The van der Waals surface area contributed by atoms with Gasteiger partial charge in [-0.2, -0.15) is 0 Å². The van der Waals surface area contributed by atoms with Gasteiger partial charge in [0.2, 0.25) is 0 Å². The van der Waals surface area contributed by atoms with Gasteiger partial charge in [0.05, 0.1) is 11.4 Å². The molecule has 0 aromatic heterocycles. The van der Waals surface area contributed by atoms with Gasteiger partial charge in [-0.3, -0.25) is 4.90 Å². The Labute approximate surface area is 134 Å². The molecule has 3 aromatic carbocycles. The molecule has 0 spiro atoms. The lowest BCUT2D eigenvalue weighted by molar-refractivity contribution is 0.259. The number of benzene rings is 3. The topological polar surface area (TPSA) is 52.6 Å². The molecule has 0 fully saturated rings. The van der Waals surface area contributed by atoms with Crippen LogP contribution in [0.4, 0.5) is 21.9 Å². The fourth-order valence-electron chi connectivity index (χ4n) is 2.26. The van der Waals surface area contributed by atoms with Gasteiger partial charge in [0.15, 0.2) is 0 Å². The Bertz CT molecular complexity index is 732. The van der Waals surface area contributed by atoms with Gasteiger partial charge in [0, 0.05) is 5.69 Å². The number of nitrogens with zero attached hydrogens (tertiary/aromatic N) is 1. The van der Waals surface area contributed by atoms with Crippen LogP contribution in [0.5, 0.6) is 5.75 Å². The number of phenols is 1. The smallest absolute Gasteiger partial charge is 0.330 e. The highest BCUT2D eigenvalue weighted by Crippen LogP contribution is 2.26. The molecule has 23 heavy (non-hydrogen) atoms. The number of urea groups is 1. The summed E-state index contributed by atoms with van der Waals surface area (Å²) in [6.07, 6.45) is 0. The molecule has 3 aromatic rings. The Morgan fingerprint density at radius 3 is 1.70 bits per heavy atom. The molecule has 0 unspecified atom stereocenters. The summed E-state index contributed by atoms with van der Waals surface area (Å²) in [5, 5.41) is 12.2. The average molecular weight is 304 g/mol. The molecule has 0 heterocycles. The van der Waals surface area contributed by atoms with Crippen molar-refractivity contribution in [3.05, 3.63) is 84.9 Å². The highest BCUT2D eigenvalue weighted by atomic mass is 16.3. The first-order chi connectivity index (χ1) is 11.2. The molecule has 4 heteroatoms. The van der Waals surface area contributed by atoms with Crippen LogP contribution in [0.25, 0.3) is 0 Å². The lowest BCUT2D eigenvalue weighted by Gasteiger charge is -2.23. The summed E-state index contributed by atoms with van der Waals surface area (Å²) in [4.78, 5) is 14.4. The number of nitrogens with one attached hydrogen (secondary N) is 1. The Morgan fingerprint density at radius 2 is 1.22 bits per heavy atom. The van der Waals surface area contributed by atoms with Gasteiger partial charge in [-0.25, -0.2) is 4.79 Å². The number of rotatable bonds is 3. The summed E-state index contributed by atoms with van der Waals surface area (Å²) in [5.74, 6) is 0.158. The predicted molar refractivity (Wildman–Crippen MR) is 92.1 cm³/mol. The van der Waals surface area contributed by atoms with E-state index in [0.29, 0.717) is 5.69 Å². The second-order valence-electron chi connectivity index (χ2n) is 4.98. The third-order valence-electron chi connectivity index (χ3n) is 3.35. The van der Waals surface area contributed by atoms with E-state index in [9.17, 15) is 9.90 Å². The van der Waals surface area contributed by atoms with Gasteiger partial charge in [-0.05, 0) is 48.5 Å². The van der Waals surface area contributed by atoms with Crippen molar-refractivity contribution in [1.29, 1.82) is 0 Å². The van der Waals surface area contributed by atoms with E-state index in [-0.39, 0.29) is 11.8 Å². The average Bonchev–Trinajstić information content (AvgIpc) is 2.59. The maximum atomic E-state index is 12.8. The first-order valence-corrected chi connectivity index (χ1v) is 7.24. The number of aromatic hydroxyl groups is 1. The number of phenolic OH excluding ortho intramolecular Hbond substituents is 1. The number of hydrogen-bond donors (Lipinski definition) is 2. The van der Waals surface area contributed by atoms with Crippen molar-refractivity contribution < 1.29 is 9.90 Å². The van der Waals surface area contributed by atoms with Gasteiger partial charge >= 0.3 is 6.03 Å². The maximum Gasteiger partial charge on any atom is 0.330 e. The molecule has 0 radical (unpaired) electrons. The molecule has 4 nitrogen and oxygen atoms in total. The van der Waals surface area contributed by atoms with Crippen LogP contribution < -0.4 is 10.2 Å². The van der Waals surface area contributed by atoms with E-state index >= 15 is 0 Å². The van der Waals surface area contributed by atoms with Gasteiger partial charge in [-0.1, -0.05) is 36.4 Å². The third-order valence-corrected chi connectivity index (χ3v) is 3.35. The van der Waals surface area contributed by atoms with E-state index in [1.54, 1.807) is 17.0 Å². The van der Waals surface area contributed by atoms with Gasteiger partial charge in [-0.15, -0.1) is 0 Å². The van der Waals surface area contributed by atoms with Crippen LogP contribution in [0.1, 0.15) is 0 Å². The first kappa shape index (κ1) is 14.7. The van der Waals surface area contributed by atoms with Crippen molar-refractivity contribution in [1.82, 2.24) is 0 Å². The quantitative estimate of drug-likeness (QED) is 0.685. The van der Waals surface area contributed by atoms with Crippen LogP contribution in [-0.2, 0) is 0 Å². The minimum absolute atomic E-state index is 0.158. The van der Waals surface area contributed by atoms with E-state index in [4.69, 9.17) is 0 Å². The molecule has 0 saturated carbocycles. The molecule has 2 amide bonds. The van der Waals surface area contributed by atoms with E-state index in [1.807, 2.05) is 60.7 Å². The Kier molecular flexibility index (Phi) is 4.25. The second-order valence-corrected chi connectivity index (χ2v) is 4.98. The molecule has 0 aliphatic carbocycles. The minimum Gasteiger partial charge on any atom is -0.508 e. The zero-order valence-corrected chi connectivity index (χ0v) is 12.4. The summed E-state index contributed by atoms with van der Waals surface area (Å²) >= 11 is 0. The zero-order valence-electron chi connectivity index (χ0n) is 12.4. The largest absolute Gasteiger partial charge is 0.508 e. The van der Waals surface area contributed by atoms with E-state index in [1.165, 1.54) is 12.1 Å². The van der Waals surface area contributed by atoms with Crippen LogP contribution in [-0.4, -0.2) is 11.1 Å². The highest BCUT2D eigenvalue weighted by molar-refractivity contribution is 6.07. The fourth-order valence-corrected chi connectivity index (χ4v) is 2.26. The van der Waals surface area contributed by atoms with Crippen molar-refractivity contribution in [3.8, 4) is 5.75 Å². The molecule has 0 atom stereocenters. The number of carbonyl (C=O) groups is 1. The molecule has 0 bridgehead atoms. The SMILES string of the molecule is O=C(Nc1ccc(O)cc1)N(c1ccccc1)c1ccccc1. The number of hydrogen-bond acceptors (Lipinski definition) is 2. The lowest BCUT2D eigenvalue weighted by Crippen LogP contribution is -2.30. The summed E-state index contributed by atoms with van der Waals surface area (Å²) in [6.45, 7) is 0. The monoisotopic (exact) mass is 304 g/mol. The first-order valence-electron chi connectivity index (χ1n) is 7.24. The molecule has 3 rings (SSSR count).